The highest BCUT2D eigenvalue weighted by Gasteiger charge is 2.08. The number of nitrogens with one attached hydrogen (secondary N) is 1. The first kappa shape index (κ1) is 8.77. The molecule has 1 rings (SSSR count). The second kappa shape index (κ2) is 3.90. The molecule has 1 heterocycles. The van der Waals surface area contributed by atoms with E-state index in [0.717, 1.165) is 12.4 Å². The summed E-state index contributed by atoms with van der Waals surface area (Å²) in [7, 11) is 0. The van der Waals surface area contributed by atoms with Crippen LogP contribution in [-0.2, 0) is 11.3 Å². The van der Waals surface area contributed by atoms with Crippen molar-refractivity contribution in [3.05, 3.63) is 18.2 Å². The van der Waals surface area contributed by atoms with E-state index in [4.69, 9.17) is 0 Å². The smallest absolute Gasteiger partial charge is 0.207 e. The molecule has 0 aromatic carbocycles. The van der Waals surface area contributed by atoms with Gasteiger partial charge in [-0.3, -0.25) is 4.79 Å². The van der Waals surface area contributed by atoms with Crippen LogP contribution in [0.4, 0.5) is 0 Å². The van der Waals surface area contributed by atoms with Crippen LogP contribution in [0.5, 0.6) is 0 Å². The molecule has 4 nitrogen and oxygen atoms in total. The van der Waals surface area contributed by atoms with Crippen LogP contribution in [0.1, 0.15) is 25.7 Å². The lowest BCUT2D eigenvalue weighted by atomic mass is 10.3. The second-order valence-electron chi connectivity index (χ2n) is 2.52. The number of amides is 1. The Kier molecular flexibility index (Phi) is 2.85. The van der Waals surface area contributed by atoms with Gasteiger partial charge in [0.05, 0.1) is 6.04 Å². The first-order chi connectivity index (χ1) is 5.79. The Morgan fingerprint density at radius 2 is 2.67 bits per heavy atom. The molecule has 1 atom stereocenters. The molecule has 0 spiro atoms. The lowest BCUT2D eigenvalue weighted by Gasteiger charge is -2.10. The lowest BCUT2D eigenvalue weighted by Crippen LogP contribution is -2.20. The predicted octanol–water partition coefficient (Wildman–Crippen LogP) is 0.510. The Labute approximate surface area is 71.6 Å². The SMILES string of the molecule is CCn1c[c]nc1C(C)NC=O. The van der Waals surface area contributed by atoms with Crippen LogP contribution in [-0.4, -0.2) is 16.0 Å². The number of aromatic nitrogens is 2. The molecular formula is C8H12N3O. The van der Waals surface area contributed by atoms with E-state index in [1.165, 1.54) is 0 Å². The van der Waals surface area contributed by atoms with Crippen molar-refractivity contribution in [1.82, 2.24) is 14.9 Å². The van der Waals surface area contributed by atoms with Crippen molar-refractivity contribution >= 4 is 6.41 Å². The fraction of sp³-hybridized carbons (Fsp3) is 0.500. The summed E-state index contributed by atoms with van der Waals surface area (Å²) in [6.45, 7) is 4.75. The van der Waals surface area contributed by atoms with Crippen LogP contribution in [0.2, 0.25) is 0 Å². The fourth-order valence-corrected chi connectivity index (χ4v) is 1.07. The van der Waals surface area contributed by atoms with Gasteiger partial charge in [-0.2, -0.15) is 0 Å². The van der Waals surface area contributed by atoms with Crippen LogP contribution in [0.3, 0.4) is 0 Å². The van der Waals surface area contributed by atoms with Crippen LogP contribution >= 0.6 is 0 Å². The highest BCUT2D eigenvalue weighted by Crippen LogP contribution is 2.07. The normalized spacial score (nSPS) is 12.5. The van der Waals surface area contributed by atoms with Gasteiger partial charge in [-0.25, -0.2) is 4.98 Å². The topological polar surface area (TPSA) is 46.9 Å². The van der Waals surface area contributed by atoms with Gasteiger partial charge in [0.15, 0.2) is 0 Å². The summed E-state index contributed by atoms with van der Waals surface area (Å²) < 4.78 is 1.95. The van der Waals surface area contributed by atoms with Crippen molar-refractivity contribution in [3.8, 4) is 0 Å². The number of carbonyl (C=O) groups is 1. The zero-order valence-corrected chi connectivity index (χ0v) is 7.24. The third-order valence-corrected chi connectivity index (χ3v) is 1.73. The Morgan fingerprint density at radius 1 is 1.92 bits per heavy atom. The van der Waals surface area contributed by atoms with E-state index in [-0.39, 0.29) is 6.04 Å². The summed E-state index contributed by atoms with van der Waals surface area (Å²) in [4.78, 5) is 14.2. The zero-order chi connectivity index (χ0) is 8.97. The third kappa shape index (κ3) is 1.64. The number of rotatable bonds is 4. The molecule has 0 fully saturated rings. The number of hydrogen-bond acceptors (Lipinski definition) is 2. The maximum atomic E-state index is 10.2. The Hall–Kier alpha value is -1.32. The van der Waals surface area contributed by atoms with Crippen molar-refractivity contribution in [3.63, 3.8) is 0 Å². The molecule has 12 heavy (non-hydrogen) atoms. The van der Waals surface area contributed by atoms with Gasteiger partial charge in [-0.05, 0) is 13.8 Å². The van der Waals surface area contributed by atoms with Gasteiger partial charge in [0.2, 0.25) is 6.41 Å². The number of nitrogens with zero attached hydrogens (tertiary/aromatic N) is 2. The molecule has 0 aliphatic rings. The first-order valence-corrected chi connectivity index (χ1v) is 3.92. The fourth-order valence-electron chi connectivity index (χ4n) is 1.07. The Bertz CT molecular complexity index is 257. The monoisotopic (exact) mass is 166 g/mol. The van der Waals surface area contributed by atoms with Gasteiger partial charge in [-0.1, -0.05) is 0 Å². The third-order valence-electron chi connectivity index (χ3n) is 1.73. The average Bonchev–Trinajstić information content (AvgIpc) is 2.51. The van der Waals surface area contributed by atoms with Crippen molar-refractivity contribution in [2.45, 2.75) is 26.4 Å². The molecule has 1 N–H and O–H groups in total. The number of aryl methyl sites for hydroxylation is 1. The minimum Gasteiger partial charge on any atom is -0.349 e. The minimum absolute atomic E-state index is 0.0475. The molecule has 0 saturated heterocycles. The molecule has 1 aromatic heterocycles. The molecule has 1 radical (unpaired) electrons. The molecule has 0 aliphatic heterocycles. The van der Waals surface area contributed by atoms with Gasteiger partial charge in [0.1, 0.15) is 12.0 Å². The Morgan fingerprint density at radius 3 is 3.25 bits per heavy atom. The molecule has 4 heteroatoms. The molecule has 0 bridgehead atoms. The minimum atomic E-state index is -0.0475. The van der Waals surface area contributed by atoms with Crippen LogP contribution in [0.25, 0.3) is 0 Å². The highest BCUT2D eigenvalue weighted by atomic mass is 16.1. The first-order valence-electron chi connectivity index (χ1n) is 3.92. The van der Waals surface area contributed by atoms with Gasteiger partial charge < -0.3 is 9.88 Å². The molecule has 1 unspecified atom stereocenters. The van der Waals surface area contributed by atoms with Gasteiger partial charge in [-0.15, -0.1) is 0 Å². The average molecular weight is 166 g/mol. The van der Waals surface area contributed by atoms with Crippen LogP contribution < -0.4 is 5.32 Å². The van der Waals surface area contributed by atoms with E-state index < -0.39 is 0 Å². The molecular weight excluding hydrogens is 154 g/mol. The van der Waals surface area contributed by atoms with Crippen molar-refractivity contribution in [1.29, 1.82) is 0 Å². The summed E-state index contributed by atoms with van der Waals surface area (Å²) >= 11 is 0. The van der Waals surface area contributed by atoms with Crippen LogP contribution in [0, 0.1) is 6.20 Å². The Balaban J connectivity index is 2.78. The quantitative estimate of drug-likeness (QED) is 0.662. The molecule has 0 saturated carbocycles. The van der Waals surface area contributed by atoms with Crippen molar-refractivity contribution < 1.29 is 4.79 Å². The maximum absolute atomic E-state index is 10.2. The van der Waals surface area contributed by atoms with Crippen molar-refractivity contribution in [2.24, 2.45) is 0 Å². The highest BCUT2D eigenvalue weighted by molar-refractivity contribution is 5.46. The lowest BCUT2D eigenvalue weighted by molar-refractivity contribution is -0.110. The van der Waals surface area contributed by atoms with E-state index in [1.54, 1.807) is 6.20 Å². The summed E-state index contributed by atoms with van der Waals surface area (Å²) in [5, 5.41) is 2.64. The van der Waals surface area contributed by atoms with E-state index >= 15 is 0 Å². The van der Waals surface area contributed by atoms with Gasteiger partial charge in [0, 0.05) is 12.7 Å². The van der Waals surface area contributed by atoms with E-state index in [2.05, 4.69) is 16.5 Å². The standard InChI is InChI=1S/C8H12N3O/c1-3-11-5-4-9-8(11)7(2)10-6-12/h5-7H,3H2,1-2H3,(H,10,12). The van der Waals surface area contributed by atoms with Crippen LogP contribution in [0.15, 0.2) is 6.20 Å². The summed E-state index contributed by atoms with van der Waals surface area (Å²) in [5.41, 5.74) is 0. The summed E-state index contributed by atoms with van der Waals surface area (Å²) in [6, 6.07) is -0.0475. The molecule has 1 aromatic rings. The summed E-state index contributed by atoms with van der Waals surface area (Å²) in [6.07, 6.45) is 5.20. The zero-order valence-electron chi connectivity index (χ0n) is 7.24. The summed E-state index contributed by atoms with van der Waals surface area (Å²) in [5.74, 6) is 0.838. The maximum Gasteiger partial charge on any atom is 0.207 e. The predicted molar refractivity (Wildman–Crippen MR) is 44.4 cm³/mol. The van der Waals surface area contributed by atoms with Gasteiger partial charge in [0.25, 0.3) is 0 Å². The molecule has 0 aliphatic carbocycles. The second-order valence-corrected chi connectivity index (χ2v) is 2.52. The number of hydrogen-bond donors (Lipinski definition) is 1. The van der Waals surface area contributed by atoms with E-state index in [1.807, 2.05) is 18.4 Å². The van der Waals surface area contributed by atoms with E-state index in [0.29, 0.717) is 6.41 Å². The molecule has 65 valence electrons. The number of imidazole rings is 1. The molecule has 1 amide bonds. The van der Waals surface area contributed by atoms with Crippen molar-refractivity contribution in [2.75, 3.05) is 0 Å². The largest absolute Gasteiger partial charge is 0.349 e. The number of carbonyl (C=O) groups excluding carboxylic acids is 1. The van der Waals surface area contributed by atoms with E-state index in [9.17, 15) is 4.79 Å². The van der Waals surface area contributed by atoms with Gasteiger partial charge >= 0.3 is 0 Å².